The standard InChI is InChI=1S/C30H47ClN5O9P.C29H45ClN5O9P/c1-28(2,3)45-27(37)35(18-12-10-11-13-18)23-19-14-32-36(24(19)34-26(31)33-23)25-22-21(43-29(4,5)44-22)20(42-25)15-41-30(16-39-6,17-40-7)46(8,9)38;1-27(2,3)44-26(37)34(17-11-9-10-12-17)22-18-13-31-35(23(18)33-25(30)32-22)24-21-20(42-28(4,5)43-21)19(41-24)14-40-29(15-36,16-39-6)45(7,8)38/h14,18,20-22,25H,10-13,15-17H2,1-9H3;13,17,19-21,24,36H,9-12,14-16H2,1-8H3/t20-,21-,22-,25-;19-,20-,21-,24-,29?/m11/s1. The molecule has 0 aromatic carbocycles. The number of carbonyl (C=O) groups excluding carboxylic acids is 2. The highest BCUT2D eigenvalue weighted by molar-refractivity contribution is 7.64. The van der Waals surface area contributed by atoms with E-state index >= 15 is 0 Å². The molecule has 1 N–H and O–H groups in total. The van der Waals surface area contributed by atoms with Gasteiger partial charge in [0, 0.05) is 33.4 Å². The van der Waals surface area contributed by atoms with Crippen LogP contribution in [0.2, 0.25) is 10.6 Å². The van der Waals surface area contributed by atoms with Crippen molar-refractivity contribution >= 4 is 83.4 Å². The lowest BCUT2D eigenvalue weighted by Crippen LogP contribution is -2.45. The molecule has 0 bridgehead atoms. The van der Waals surface area contributed by atoms with E-state index in [4.69, 9.17) is 84.8 Å². The number of halogens is 2. The van der Waals surface area contributed by atoms with Crippen LogP contribution in [0, 0.1) is 0 Å². The van der Waals surface area contributed by atoms with E-state index in [2.05, 4.69) is 30.1 Å². The summed E-state index contributed by atoms with van der Waals surface area (Å²) in [5, 5.41) is 17.8. The molecule has 9 atom stereocenters. The average molecular weight is 1360 g/mol. The molecular formula is C59H92Cl2N10O18P2. The van der Waals surface area contributed by atoms with Gasteiger partial charge in [-0.05, 0) is 145 Å². The SMILES string of the molecule is COCC(CO)(OC[C@H]1O[C@@H](n2ncc3c(N(C(=O)OC(C)(C)C)C4CCCC4)nc(Cl)nc32)[C@@H]2OC(C)(C)O[C@@H]21)P(C)(C)=O.COCC(COC)(OC[C@H]1O[C@@H](n2ncc3c(N(C(=O)OC(C)(C)C)C4CCCC4)nc(Cl)nc32)[C@@H]2OC(C)(C)O[C@@H]21)P(C)(C)=O. The van der Waals surface area contributed by atoms with Gasteiger partial charge in [0.2, 0.25) is 10.6 Å². The molecule has 8 heterocycles. The highest BCUT2D eigenvalue weighted by Crippen LogP contribution is 2.55. The number of nitrogens with zero attached hydrogens (tertiary/aromatic N) is 10. The minimum Gasteiger partial charge on any atom is -0.443 e. The van der Waals surface area contributed by atoms with E-state index in [0.717, 1.165) is 51.4 Å². The van der Waals surface area contributed by atoms with Crippen molar-refractivity contribution in [3.63, 3.8) is 0 Å². The number of anilines is 2. The molecule has 0 radical (unpaired) electrons. The number of hydrogen-bond acceptors (Lipinski definition) is 24. The number of aliphatic hydroxyl groups excluding tert-OH is 1. The average Bonchev–Trinajstić information content (AvgIpc) is 1.60. The van der Waals surface area contributed by atoms with Crippen LogP contribution in [-0.2, 0) is 70.7 Å². The summed E-state index contributed by atoms with van der Waals surface area (Å²) < 4.78 is 108. The molecule has 6 aliphatic rings. The van der Waals surface area contributed by atoms with Crippen molar-refractivity contribution in [2.75, 3.05) is 97.4 Å². The Bertz CT molecular complexity index is 3320. The molecule has 4 saturated heterocycles. The van der Waals surface area contributed by atoms with Crippen LogP contribution in [0.25, 0.3) is 22.1 Å². The van der Waals surface area contributed by atoms with E-state index < -0.39 is 116 Å². The molecule has 6 fully saturated rings. The third-order valence-corrected chi connectivity index (χ3v) is 22.0. The molecular weight excluding hydrogens is 1270 g/mol. The Morgan fingerprint density at radius 2 is 0.934 bits per heavy atom. The van der Waals surface area contributed by atoms with Gasteiger partial charge in [0.25, 0.3) is 0 Å². The fourth-order valence-electron chi connectivity index (χ4n) is 12.6. The maximum atomic E-state index is 13.6. The topological polar surface area (TPSA) is 302 Å². The van der Waals surface area contributed by atoms with Crippen molar-refractivity contribution < 1.29 is 85.4 Å². The zero-order valence-corrected chi connectivity index (χ0v) is 58.6. The zero-order valence-electron chi connectivity index (χ0n) is 55.3. The summed E-state index contributed by atoms with van der Waals surface area (Å²) in [6, 6.07) is -0.230. The summed E-state index contributed by atoms with van der Waals surface area (Å²) in [4.78, 5) is 48.4. The van der Waals surface area contributed by atoms with E-state index in [9.17, 15) is 23.8 Å². The van der Waals surface area contributed by atoms with Gasteiger partial charge in [0.1, 0.15) is 62.1 Å². The molecule has 91 heavy (non-hydrogen) atoms. The molecule has 510 valence electrons. The van der Waals surface area contributed by atoms with Gasteiger partial charge in [-0.2, -0.15) is 30.1 Å². The molecule has 4 aromatic rings. The number of aromatic nitrogens is 8. The first-order valence-electron chi connectivity index (χ1n) is 30.8. The number of fused-ring (bicyclic) bond motifs is 4. The minimum atomic E-state index is -3.00. The van der Waals surface area contributed by atoms with Crippen LogP contribution < -0.4 is 9.80 Å². The lowest BCUT2D eigenvalue weighted by Gasteiger charge is -2.37. The Morgan fingerprint density at radius 1 is 0.593 bits per heavy atom. The van der Waals surface area contributed by atoms with Gasteiger partial charge in [-0.25, -0.2) is 19.0 Å². The Balaban J connectivity index is 0.000000215. The summed E-state index contributed by atoms with van der Waals surface area (Å²) in [6.45, 7) is 24.1. The zero-order chi connectivity index (χ0) is 66.6. The summed E-state index contributed by atoms with van der Waals surface area (Å²) in [5.41, 5.74) is -0.728. The van der Waals surface area contributed by atoms with E-state index in [-0.39, 0.29) is 55.7 Å². The highest BCUT2D eigenvalue weighted by atomic mass is 35.5. The Hall–Kier alpha value is -3.80. The molecule has 0 spiro atoms. The third-order valence-electron chi connectivity index (χ3n) is 16.9. The van der Waals surface area contributed by atoms with E-state index in [1.807, 2.05) is 55.4 Å². The lowest BCUT2D eigenvalue weighted by molar-refractivity contribution is -0.208. The normalized spacial score (nSPS) is 26.0. The van der Waals surface area contributed by atoms with Crippen LogP contribution in [0.15, 0.2) is 12.4 Å². The van der Waals surface area contributed by atoms with Gasteiger partial charge >= 0.3 is 12.2 Å². The van der Waals surface area contributed by atoms with E-state index in [1.54, 1.807) is 72.1 Å². The lowest BCUT2D eigenvalue weighted by atomic mass is 10.1. The second-order valence-corrected chi connectivity index (χ2v) is 35.5. The number of amides is 2. The van der Waals surface area contributed by atoms with Gasteiger partial charge in [-0.15, -0.1) is 0 Å². The van der Waals surface area contributed by atoms with Crippen LogP contribution in [0.3, 0.4) is 0 Å². The second kappa shape index (κ2) is 27.4. The van der Waals surface area contributed by atoms with Crippen LogP contribution in [0.1, 0.15) is 133 Å². The number of aliphatic hydroxyl groups is 1. The van der Waals surface area contributed by atoms with E-state index in [1.165, 1.54) is 21.3 Å². The van der Waals surface area contributed by atoms with Crippen LogP contribution in [-0.4, -0.2) is 227 Å². The molecule has 1 unspecified atom stereocenters. The Labute approximate surface area is 541 Å². The van der Waals surface area contributed by atoms with Crippen molar-refractivity contribution in [2.45, 2.75) is 215 Å². The van der Waals surface area contributed by atoms with Gasteiger partial charge in [-0.1, -0.05) is 25.7 Å². The molecule has 2 saturated carbocycles. The Kier molecular flexibility index (Phi) is 21.5. The highest BCUT2D eigenvalue weighted by Gasteiger charge is 2.60. The maximum absolute atomic E-state index is 13.6. The van der Waals surface area contributed by atoms with Crippen LogP contribution in [0.4, 0.5) is 21.2 Å². The van der Waals surface area contributed by atoms with Gasteiger partial charge < -0.3 is 75.8 Å². The van der Waals surface area contributed by atoms with Crippen molar-refractivity contribution in [2.24, 2.45) is 0 Å². The largest absolute Gasteiger partial charge is 0.443 e. The van der Waals surface area contributed by atoms with Crippen LogP contribution in [0.5, 0.6) is 0 Å². The number of methoxy groups -OCH3 is 3. The molecule has 4 aromatic heterocycles. The molecule has 32 heteroatoms. The maximum Gasteiger partial charge on any atom is 0.416 e. The summed E-state index contributed by atoms with van der Waals surface area (Å²) in [5.74, 6) is -1.23. The molecule has 2 aliphatic carbocycles. The first kappa shape index (κ1) is 71.5. The molecule has 10 rings (SSSR count). The van der Waals surface area contributed by atoms with Crippen molar-refractivity contribution in [1.82, 2.24) is 39.5 Å². The fraction of sp³-hybridized carbons (Fsp3) is 0.797. The first-order valence-corrected chi connectivity index (χ1v) is 36.8. The molecule has 2 amide bonds. The van der Waals surface area contributed by atoms with Gasteiger partial charge in [-0.3, -0.25) is 9.80 Å². The first-order chi connectivity index (χ1) is 42.5. The monoisotopic (exact) mass is 1360 g/mol. The molecule has 28 nitrogen and oxygen atoms in total. The predicted molar refractivity (Wildman–Crippen MR) is 337 cm³/mol. The summed E-state index contributed by atoms with van der Waals surface area (Å²) in [7, 11) is -1.38. The number of carbonyl (C=O) groups is 2. The quantitative estimate of drug-likeness (QED) is 0.0599. The molecule has 4 aliphatic heterocycles. The van der Waals surface area contributed by atoms with Crippen molar-refractivity contribution in [1.29, 1.82) is 0 Å². The predicted octanol–water partition coefficient (Wildman–Crippen LogP) is 9.77. The number of rotatable bonds is 21. The van der Waals surface area contributed by atoms with Gasteiger partial charge in [0.05, 0.1) is 62.8 Å². The summed E-state index contributed by atoms with van der Waals surface area (Å²) >= 11 is 13.0. The van der Waals surface area contributed by atoms with Crippen molar-refractivity contribution in [3.05, 3.63) is 23.0 Å². The number of ether oxygens (including phenoxy) is 13. The smallest absolute Gasteiger partial charge is 0.416 e. The number of hydrogen-bond donors (Lipinski definition) is 1. The van der Waals surface area contributed by atoms with E-state index in [0.29, 0.717) is 33.7 Å². The van der Waals surface area contributed by atoms with Crippen molar-refractivity contribution in [3.8, 4) is 0 Å². The minimum absolute atomic E-state index is 0.0176. The van der Waals surface area contributed by atoms with Gasteiger partial charge in [0.15, 0.2) is 57.6 Å². The Morgan fingerprint density at radius 3 is 1.26 bits per heavy atom. The third kappa shape index (κ3) is 15.4. The summed E-state index contributed by atoms with van der Waals surface area (Å²) in [6.07, 6.45) is 3.98. The van der Waals surface area contributed by atoms with Crippen LogP contribution >= 0.6 is 37.5 Å². The fourth-order valence-corrected chi connectivity index (χ4v) is 15.4. The second-order valence-electron chi connectivity index (χ2n) is 27.8.